The molecule has 0 amide bonds. The van der Waals surface area contributed by atoms with Crippen molar-refractivity contribution in [1.29, 1.82) is 0 Å². The van der Waals surface area contributed by atoms with Gasteiger partial charge in [-0.2, -0.15) is 0 Å². The summed E-state index contributed by atoms with van der Waals surface area (Å²) < 4.78 is 30.0. The van der Waals surface area contributed by atoms with Crippen molar-refractivity contribution in [2.24, 2.45) is 5.92 Å². The number of furan rings is 1. The van der Waals surface area contributed by atoms with E-state index in [0.717, 1.165) is 79.0 Å². The van der Waals surface area contributed by atoms with Gasteiger partial charge in [0.1, 0.15) is 0 Å². The fourth-order valence-electron chi connectivity index (χ4n) is 6.80. The third kappa shape index (κ3) is 7.61. The van der Waals surface area contributed by atoms with Crippen LogP contribution < -0.4 is 0 Å². The topological polar surface area (TPSA) is 43.9 Å². The number of rotatable bonds is 7. The molecular formula is C49H39IrN3O-2. The van der Waals surface area contributed by atoms with Crippen LogP contribution in [0.25, 0.3) is 72.6 Å². The van der Waals surface area contributed by atoms with E-state index in [2.05, 4.69) is 151 Å². The van der Waals surface area contributed by atoms with Crippen molar-refractivity contribution in [3.63, 3.8) is 0 Å². The Hall–Kier alpha value is -5.87. The van der Waals surface area contributed by atoms with Gasteiger partial charge in [0.15, 0.2) is 0 Å². The quantitative estimate of drug-likeness (QED) is 0.150. The summed E-state index contributed by atoms with van der Waals surface area (Å²) in [6, 6.07) is 56.3. The van der Waals surface area contributed by atoms with Crippen LogP contribution in [0.5, 0.6) is 0 Å². The van der Waals surface area contributed by atoms with Crippen LogP contribution in [0.4, 0.5) is 0 Å². The normalized spacial score (nSPS) is 12.0. The van der Waals surface area contributed by atoms with Crippen molar-refractivity contribution >= 4 is 22.0 Å². The minimum absolute atomic E-state index is 0. The van der Waals surface area contributed by atoms with Gasteiger partial charge in [-0.25, -0.2) is 0 Å². The molecule has 0 spiro atoms. The van der Waals surface area contributed by atoms with Crippen LogP contribution in [0.2, 0.25) is 0 Å². The molecule has 0 aliphatic rings. The first-order valence-corrected chi connectivity index (χ1v) is 17.8. The maximum Gasteiger partial charge on any atom is 0.0774 e. The first-order chi connectivity index (χ1) is 27.2. The zero-order valence-corrected chi connectivity index (χ0v) is 32.4. The number of para-hydroxylation sites is 3. The molecule has 0 aliphatic carbocycles. The zero-order chi connectivity index (χ0) is 38.6. The SMILES string of the molecule is CC(C)Cc1ccc2o[c-]c(-c3nc4ccccc4n3-c3c(-c4ccccc4)cccc3-c3ccccc3)c2c1.[2H]C([2H])([2H])c1ccc(-c2[c-]cccc2)nc1.[Ir]. The van der Waals surface area contributed by atoms with Crippen molar-refractivity contribution in [1.82, 2.24) is 14.5 Å². The van der Waals surface area contributed by atoms with E-state index >= 15 is 0 Å². The second-order valence-electron chi connectivity index (χ2n) is 13.4. The van der Waals surface area contributed by atoms with Gasteiger partial charge in [-0.3, -0.25) is 4.98 Å². The fourth-order valence-corrected chi connectivity index (χ4v) is 6.80. The molecule has 0 atom stereocenters. The van der Waals surface area contributed by atoms with Crippen LogP contribution in [0, 0.1) is 25.1 Å². The Bertz CT molecular complexity index is 2670. The van der Waals surface area contributed by atoms with Crippen molar-refractivity contribution < 1.29 is 28.6 Å². The molecule has 3 heterocycles. The Morgan fingerprint density at radius 1 is 0.741 bits per heavy atom. The van der Waals surface area contributed by atoms with E-state index in [-0.39, 0.29) is 25.7 Å². The molecule has 6 aromatic carbocycles. The largest absolute Gasteiger partial charge is 0.557 e. The van der Waals surface area contributed by atoms with E-state index in [9.17, 15) is 0 Å². The Labute approximate surface area is 334 Å². The smallest absolute Gasteiger partial charge is 0.0774 e. The van der Waals surface area contributed by atoms with Crippen LogP contribution in [0.3, 0.4) is 0 Å². The van der Waals surface area contributed by atoms with E-state index in [1.807, 2.05) is 24.3 Å². The van der Waals surface area contributed by atoms with Crippen LogP contribution in [-0.2, 0) is 26.5 Å². The maximum atomic E-state index is 7.23. The first-order valence-electron chi connectivity index (χ1n) is 19.3. The molecule has 0 aliphatic heterocycles. The molecule has 9 rings (SSSR count). The minimum atomic E-state index is -2.09. The van der Waals surface area contributed by atoms with Gasteiger partial charge in [0, 0.05) is 53.4 Å². The van der Waals surface area contributed by atoms with Crippen molar-refractivity contribution in [2.75, 3.05) is 0 Å². The number of hydrogen-bond donors (Lipinski definition) is 0. The Kier molecular flexibility index (Phi) is 9.97. The predicted octanol–water partition coefficient (Wildman–Crippen LogP) is 12.6. The zero-order valence-electron chi connectivity index (χ0n) is 33.0. The summed E-state index contributed by atoms with van der Waals surface area (Å²) >= 11 is 0. The predicted molar refractivity (Wildman–Crippen MR) is 218 cm³/mol. The van der Waals surface area contributed by atoms with Crippen molar-refractivity contribution in [3.05, 3.63) is 187 Å². The number of pyridine rings is 1. The minimum Gasteiger partial charge on any atom is -0.557 e. The summed E-state index contributed by atoms with van der Waals surface area (Å²) in [5.41, 5.74) is 12.5. The third-order valence-electron chi connectivity index (χ3n) is 9.18. The molecule has 0 bridgehead atoms. The molecular weight excluding hydrogens is 839 g/mol. The summed E-state index contributed by atoms with van der Waals surface area (Å²) in [6.45, 7) is 2.40. The van der Waals surface area contributed by atoms with Gasteiger partial charge in [-0.15, -0.1) is 35.9 Å². The summed E-state index contributed by atoms with van der Waals surface area (Å²) in [5.74, 6) is 1.38. The average Bonchev–Trinajstić information content (AvgIpc) is 3.82. The number of nitrogens with zero attached hydrogens (tertiary/aromatic N) is 3. The number of benzene rings is 6. The van der Waals surface area contributed by atoms with Crippen molar-refractivity contribution in [3.8, 4) is 50.6 Å². The van der Waals surface area contributed by atoms with Gasteiger partial charge in [0.2, 0.25) is 0 Å². The van der Waals surface area contributed by atoms with Crippen LogP contribution in [0.15, 0.2) is 168 Å². The van der Waals surface area contributed by atoms with Crippen molar-refractivity contribution in [2.45, 2.75) is 27.1 Å². The molecule has 3 aromatic heterocycles. The Morgan fingerprint density at radius 2 is 1.44 bits per heavy atom. The molecule has 0 fully saturated rings. The molecule has 1 radical (unpaired) electrons. The third-order valence-corrected chi connectivity index (χ3v) is 9.18. The fraction of sp³-hybridized carbons (Fsp3) is 0.102. The number of aromatic nitrogens is 3. The van der Waals surface area contributed by atoms with Crippen LogP contribution in [-0.4, -0.2) is 14.5 Å². The monoisotopic (exact) mass is 881 g/mol. The molecule has 0 saturated heterocycles. The van der Waals surface area contributed by atoms with E-state index in [1.165, 1.54) is 11.8 Å². The van der Waals surface area contributed by atoms with Gasteiger partial charge in [0.25, 0.3) is 0 Å². The van der Waals surface area contributed by atoms with E-state index < -0.39 is 6.85 Å². The summed E-state index contributed by atoms with van der Waals surface area (Å²) in [4.78, 5) is 9.34. The number of aryl methyl sites for hydroxylation is 1. The molecule has 54 heavy (non-hydrogen) atoms. The second kappa shape index (κ2) is 16.4. The molecule has 0 N–H and O–H groups in total. The molecule has 4 nitrogen and oxygen atoms in total. The number of fused-ring (bicyclic) bond motifs is 2. The number of imidazole rings is 1. The van der Waals surface area contributed by atoms with Crippen LogP contribution in [0.1, 0.15) is 29.1 Å². The van der Waals surface area contributed by atoms with E-state index in [0.29, 0.717) is 5.92 Å². The second-order valence-corrected chi connectivity index (χ2v) is 13.4. The van der Waals surface area contributed by atoms with Gasteiger partial charge < -0.3 is 14.0 Å². The van der Waals surface area contributed by atoms with E-state index in [1.54, 1.807) is 18.2 Å². The van der Waals surface area contributed by atoms with Gasteiger partial charge in [0.05, 0.1) is 22.5 Å². The van der Waals surface area contributed by atoms with Crippen LogP contribution >= 0.6 is 0 Å². The van der Waals surface area contributed by atoms with Gasteiger partial charge in [-0.05, 0) is 53.7 Å². The Balaban J connectivity index is 0.000000246. The van der Waals surface area contributed by atoms with Gasteiger partial charge >= 0.3 is 0 Å². The average molecular weight is 881 g/mol. The first kappa shape index (κ1) is 32.8. The standard InChI is InChI=1S/C37H29N2O.C12H10N.Ir/c1-25(2)22-26-20-21-35-31(23-26)32(24-40-35)37-38-33-18-9-10-19-34(33)39(37)36-29(27-12-5-3-6-13-27)16-11-17-30(36)28-14-7-4-8-15-28;1-10-7-8-12(13-9-10)11-5-3-2-4-6-11;/h3-21,23,25H,22H2,1-2H3;2-5,7-9H,1H3;/q2*-1;/i;1D3;. The molecule has 9 aromatic rings. The summed E-state index contributed by atoms with van der Waals surface area (Å²) in [6.07, 6.45) is 5.64. The number of hydrogen-bond acceptors (Lipinski definition) is 3. The summed E-state index contributed by atoms with van der Waals surface area (Å²) in [5, 5.41) is 1.04. The molecule has 267 valence electrons. The Morgan fingerprint density at radius 3 is 2.09 bits per heavy atom. The molecule has 0 saturated carbocycles. The van der Waals surface area contributed by atoms with Gasteiger partial charge in [-0.1, -0.05) is 152 Å². The summed E-state index contributed by atoms with van der Waals surface area (Å²) in [7, 11) is 0. The van der Waals surface area contributed by atoms with E-state index in [4.69, 9.17) is 13.5 Å². The maximum absolute atomic E-state index is 7.23. The molecule has 5 heteroatoms. The molecule has 0 unspecified atom stereocenters.